The van der Waals surface area contributed by atoms with Crippen LogP contribution >= 0.6 is 11.3 Å². The fraction of sp³-hybridized carbons (Fsp3) is 0.0217. The van der Waals surface area contributed by atoms with Gasteiger partial charge in [-0.25, -0.2) is 0 Å². The normalized spacial score (nSPS) is 12.2. The number of hydrogen-bond acceptors (Lipinski definition) is 3. The number of aromatic nitrogens is 2. The molecule has 0 bridgehead atoms. The predicted molar refractivity (Wildman–Crippen MR) is 218 cm³/mol. The van der Waals surface area contributed by atoms with Gasteiger partial charge in [-0.2, -0.15) is 0 Å². The predicted octanol–water partition coefficient (Wildman–Crippen LogP) is 12.2. The van der Waals surface area contributed by atoms with Crippen LogP contribution in [0.5, 0.6) is 0 Å². The van der Waals surface area contributed by atoms with Crippen molar-refractivity contribution >= 4 is 87.0 Å². The quantitative estimate of drug-likeness (QED) is 0.163. The van der Waals surface area contributed by atoms with Crippen molar-refractivity contribution in [2.75, 3.05) is 0 Å². The summed E-state index contributed by atoms with van der Waals surface area (Å²) in [5, 5.41) is 19.3. The Labute approximate surface area is 298 Å². The lowest BCUT2D eigenvalue weighted by Gasteiger charge is -2.16. The molecule has 4 nitrogen and oxygen atoms in total. The van der Waals surface area contributed by atoms with Crippen molar-refractivity contribution < 1.29 is 0 Å². The van der Waals surface area contributed by atoms with Gasteiger partial charge in [0.2, 0.25) is 0 Å². The first kappa shape index (κ1) is 29.5. The molecule has 0 fully saturated rings. The monoisotopic (exact) mass is 672 g/mol. The van der Waals surface area contributed by atoms with Crippen LogP contribution < -0.4 is 5.32 Å². The maximum atomic E-state index is 8.05. The molecule has 0 saturated carbocycles. The summed E-state index contributed by atoms with van der Waals surface area (Å²) in [5.74, 6) is 0. The van der Waals surface area contributed by atoms with Crippen molar-refractivity contribution in [1.29, 1.82) is 5.41 Å². The topological polar surface area (TPSA) is 45.7 Å². The molecule has 0 saturated heterocycles. The van der Waals surface area contributed by atoms with Crippen LogP contribution in [0.1, 0.15) is 5.56 Å². The Hall–Kier alpha value is -6.43. The summed E-state index contributed by atoms with van der Waals surface area (Å²) in [4.78, 5) is 0. The van der Waals surface area contributed by atoms with E-state index in [1.54, 1.807) is 0 Å². The van der Waals surface area contributed by atoms with Crippen LogP contribution in [0.25, 0.3) is 86.3 Å². The first-order valence-corrected chi connectivity index (χ1v) is 18.0. The molecule has 5 heteroatoms. The molecule has 3 heterocycles. The van der Waals surface area contributed by atoms with Crippen molar-refractivity contribution in [2.45, 2.75) is 6.67 Å². The molecule has 10 aromatic rings. The van der Waals surface area contributed by atoms with Gasteiger partial charge in [-0.15, -0.1) is 11.3 Å². The van der Waals surface area contributed by atoms with E-state index in [1.807, 2.05) is 17.4 Å². The van der Waals surface area contributed by atoms with Crippen molar-refractivity contribution in [3.8, 4) is 16.8 Å². The van der Waals surface area contributed by atoms with Crippen LogP contribution in [-0.2, 0) is 6.67 Å². The number of para-hydroxylation sites is 3. The van der Waals surface area contributed by atoms with Gasteiger partial charge in [0.15, 0.2) is 0 Å². The Bertz CT molecular complexity index is 2960. The molecule has 0 atom stereocenters. The van der Waals surface area contributed by atoms with E-state index in [4.69, 9.17) is 5.41 Å². The first-order chi connectivity index (χ1) is 25.3. The van der Waals surface area contributed by atoms with E-state index in [2.05, 4.69) is 172 Å². The molecule has 10 rings (SSSR count). The van der Waals surface area contributed by atoms with Crippen molar-refractivity contribution in [3.63, 3.8) is 0 Å². The van der Waals surface area contributed by atoms with Crippen LogP contribution in [-0.4, -0.2) is 15.3 Å². The number of rotatable bonds is 7. The van der Waals surface area contributed by atoms with Crippen molar-refractivity contribution in [3.05, 3.63) is 169 Å². The second-order valence-corrected chi connectivity index (χ2v) is 14.0. The van der Waals surface area contributed by atoms with Crippen molar-refractivity contribution in [2.24, 2.45) is 0 Å². The molecule has 0 aliphatic heterocycles. The van der Waals surface area contributed by atoms with Gasteiger partial charge in [0, 0.05) is 59.3 Å². The zero-order chi connectivity index (χ0) is 33.9. The van der Waals surface area contributed by atoms with Gasteiger partial charge >= 0.3 is 0 Å². The third-order valence-electron chi connectivity index (χ3n) is 10.2. The minimum atomic E-state index is 0.550. The zero-order valence-corrected chi connectivity index (χ0v) is 28.5. The molecule has 2 N–H and O–H groups in total. The van der Waals surface area contributed by atoms with Gasteiger partial charge in [-0.05, 0) is 71.3 Å². The smallest absolute Gasteiger partial charge is 0.0926 e. The Kier molecular flexibility index (Phi) is 6.86. The van der Waals surface area contributed by atoms with E-state index < -0.39 is 0 Å². The molecule has 242 valence electrons. The average Bonchev–Trinajstić information content (AvgIpc) is 3.84. The summed E-state index contributed by atoms with van der Waals surface area (Å²) in [7, 11) is 0. The summed E-state index contributed by atoms with van der Waals surface area (Å²) < 4.78 is 7.33. The van der Waals surface area contributed by atoms with Gasteiger partial charge in [0.1, 0.15) is 0 Å². The van der Waals surface area contributed by atoms with E-state index in [-0.39, 0.29) is 0 Å². The maximum Gasteiger partial charge on any atom is 0.0926 e. The largest absolute Gasteiger partial charge is 0.367 e. The number of nitrogens with one attached hydrogen (secondary N) is 2. The van der Waals surface area contributed by atoms with Gasteiger partial charge in [-0.3, -0.25) is 0 Å². The summed E-state index contributed by atoms with van der Waals surface area (Å²) in [5.41, 5.74) is 10.2. The number of allylic oxidation sites excluding steroid dienone is 1. The van der Waals surface area contributed by atoms with Crippen LogP contribution in [0, 0.1) is 5.41 Å². The Morgan fingerprint density at radius 1 is 0.569 bits per heavy atom. The number of thiophene rings is 1. The zero-order valence-electron chi connectivity index (χ0n) is 27.7. The standard InChI is InChI=1S/C46H32N4S/c47-26-25-40(31-11-9-12-32(27-31)50-43-20-6-2-13-34(43)35-14-3-7-21-44(35)50)48-29-49-41-19-5-1-15-36(41)39-28-30(23-24-42(39)49)33-17-10-18-38-37-16-4-8-22-45(37)51-46(33)38/h1-28,47-48H,29H2/b40-25-,47-26?. The second-order valence-electron chi connectivity index (χ2n) is 13.0. The lowest BCUT2D eigenvalue weighted by atomic mass is 10.0. The maximum absolute atomic E-state index is 8.05. The van der Waals surface area contributed by atoms with Crippen molar-refractivity contribution in [1.82, 2.24) is 14.5 Å². The van der Waals surface area contributed by atoms with Gasteiger partial charge < -0.3 is 19.9 Å². The number of nitrogens with zero attached hydrogens (tertiary/aromatic N) is 2. The van der Waals surface area contributed by atoms with E-state index >= 15 is 0 Å². The van der Waals surface area contributed by atoms with E-state index in [0.717, 1.165) is 16.9 Å². The highest BCUT2D eigenvalue weighted by Gasteiger charge is 2.16. The summed E-state index contributed by atoms with van der Waals surface area (Å²) >= 11 is 1.87. The summed E-state index contributed by atoms with van der Waals surface area (Å²) in [6.45, 7) is 0.550. The third-order valence-corrected chi connectivity index (χ3v) is 11.4. The second kappa shape index (κ2) is 11.9. The molecular weight excluding hydrogens is 641 g/mol. The molecule has 0 aliphatic carbocycles. The van der Waals surface area contributed by atoms with E-state index in [0.29, 0.717) is 6.67 Å². The molecule has 3 aromatic heterocycles. The molecule has 7 aromatic carbocycles. The van der Waals surface area contributed by atoms with E-state index in [9.17, 15) is 0 Å². The van der Waals surface area contributed by atoms with Crippen LogP contribution in [0.3, 0.4) is 0 Å². The summed E-state index contributed by atoms with van der Waals surface area (Å²) in [6.07, 6.45) is 3.21. The van der Waals surface area contributed by atoms with Gasteiger partial charge in [-0.1, -0.05) is 109 Å². The summed E-state index contributed by atoms with van der Waals surface area (Å²) in [6, 6.07) is 56.7. The molecular formula is C46H32N4S. The Balaban J connectivity index is 1.04. The van der Waals surface area contributed by atoms with Gasteiger partial charge in [0.25, 0.3) is 0 Å². The minimum absolute atomic E-state index is 0.550. The fourth-order valence-electron chi connectivity index (χ4n) is 7.88. The first-order valence-electron chi connectivity index (χ1n) is 17.2. The van der Waals surface area contributed by atoms with Gasteiger partial charge in [0.05, 0.1) is 28.7 Å². The lowest BCUT2D eigenvalue weighted by Crippen LogP contribution is -2.17. The number of fused-ring (bicyclic) bond motifs is 9. The highest BCUT2D eigenvalue weighted by atomic mass is 32.1. The lowest BCUT2D eigenvalue weighted by molar-refractivity contribution is 0.696. The van der Waals surface area contributed by atoms with Crippen LogP contribution in [0.2, 0.25) is 0 Å². The minimum Gasteiger partial charge on any atom is -0.367 e. The molecule has 0 radical (unpaired) electrons. The Morgan fingerprint density at radius 2 is 1.20 bits per heavy atom. The molecule has 0 spiro atoms. The van der Waals surface area contributed by atoms with Crippen LogP contribution in [0.15, 0.2) is 164 Å². The number of hydrogen-bond donors (Lipinski definition) is 2. The third kappa shape index (κ3) is 4.70. The fourth-order valence-corrected chi connectivity index (χ4v) is 9.12. The highest BCUT2D eigenvalue weighted by molar-refractivity contribution is 7.26. The average molecular weight is 673 g/mol. The van der Waals surface area contributed by atoms with Crippen LogP contribution in [0.4, 0.5) is 0 Å². The molecule has 0 unspecified atom stereocenters. The molecule has 51 heavy (non-hydrogen) atoms. The van der Waals surface area contributed by atoms with E-state index in [1.165, 1.54) is 81.1 Å². The Morgan fingerprint density at radius 3 is 1.96 bits per heavy atom. The molecule has 0 aliphatic rings. The SMILES string of the molecule is N=C/C=C(\NCn1c2ccccc2c2cc(-c3cccc4c3sc3ccccc34)ccc21)c1cccc(-n2c3ccccc3c3ccccc32)c1. The highest BCUT2D eigenvalue weighted by Crippen LogP contribution is 2.41. The number of benzene rings is 7. The molecule has 0 amide bonds.